The number of nitrogens with one attached hydrogen (secondary N) is 2. The summed E-state index contributed by atoms with van der Waals surface area (Å²) in [7, 11) is 0. The summed E-state index contributed by atoms with van der Waals surface area (Å²) in [4.78, 5) is 25.3. The van der Waals surface area contributed by atoms with Crippen molar-refractivity contribution in [2.75, 3.05) is 0 Å². The SMILES string of the molecule is C/C(CC(=O)N[C@@H](C)c1ccccc1)=N/NC(=O)C(c1ccccc1)c1ccccc1. The first-order valence-corrected chi connectivity index (χ1v) is 10.3. The number of amides is 2. The molecule has 3 aromatic rings. The molecule has 0 unspecified atom stereocenters. The second-order valence-electron chi connectivity index (χ2n) is 7.45. The molecule has 0 fully saturated rings. The second kappa shape index (κ2) is 10.9. The normalized spacial score (nSPS) is 12.3. The van der Waals surface area contributed by atoms with Crippen molar-refractivity contribution in [1.29, 1.82) is 0 Å². The Morgan fingerprint density at radius 1 is 0.774 bits per heavy atom. The van der Waals surface area contributed by atoms with E-state index in [9.17, 15) is 9.59 Å². The van der Waals surface area contributed by atoms with E-state index in [1.807, 2.05) is 97.9 Å². The standard InChI is InChI=1S/C26H27N3O2/c1-19(18-24(30)27-20(2)21-12-6-3-7-13-21)28-29-26(31)25(22-14-8-4-9-15-22)23-16-10-5-11-17-23/h3-17,20,25H,18H2,1-2H3,(H,27,30)(H,29,31)/b28-19-/t20-/m0/s1. The molecular weight excluding hydrogens is 386 g/mol. The zero-order valence-corrected chi connectivity index (χ0v) is 17.8. The Morgan fingerprint density at radius 3 is 1.71 bits per heavy atom. The molecule has 1 atom stereocenters. The smallest absolute Gasteiger partial charge is 0.252 e. The lowest BCUT2D eigenvalue weighted by Crippen LogP contribution is -2.30. The molecule has 0 bridgehead atoms. The summed E-state index contributed by atoms with van der Waals surface area (Å²) >= 11 is 0. The van der Waals surface area contributed by atoms with Gasteiger partial charge in [0.15, 0.2) is 0 Å². The van der Waals surface area contributed by atoms with Crippen LogP contribution < -0.4 is 10.7 Å². The van der Waals surface area contributed by atoms with Gasteiger partial charge in [0, 0.05) is 5.71 Å². The molecule has 5 nitrogen and oxygen atoms in total. The number of nitrogens with zero attached hydrogens (tertiary/aromatic N) is 1. The Labute approximate surface area is 183 Å². The van der Waals surface area contributed by atoms with Gasteiger partial charge < -0.3 is 5.32 Å². The Kier molecular flexibility index (Phi) is 7.71. The van der Waals surface area contributed by atoms with E-state index in [0.29, 0.717) is 5.71 Å². The first kappa shape index (κ1) is 22.0. The molecule has 5 heteroatoms. The van der Waals surface area contributed by atoms with Crippen molar-refractivity contribution in [3.05, 3.63) is 108 Å². The van der Waals surface area contributed by atoms with Crippen LogP contribution in [-0.2, 0) is 9.59 Å². The van der Waals surface area contributed by atoms with Gasteiger partial charge in [-0.15, -0.1) is 0 Å². The lowest BCUT2D eigenvalue weighted by atomic mass is 9.91. The fraction of sp³-hybridized carbons (Fsp3) is 0.192. The second-order valence-corrected chi connectivity index (χ2v) is 7.45. The van der Waals surface area contributed by atoms with Gasteiger partial charge in [-0.05, 0) is 30.5 Å². The molecule has 0 aliphatic heterocycles. The molecule has 3 rings (SSSR count). The molecule has 0 heterocycles. The fourth-order valence-corrected chi connectivity index (χ4v) is 3.39. The van der Waals surface area contributed by atoms with Crippen molar-refractivity contribution >= 4 is 17.5 Å². The van der Waals surface area contributed by atoms with Crippen LogP contribution in [0.4, 0.5) is 0 Å². The molecule has 31 heavy (non-hydrogen) atoms. The topological polar surface area (TPSA) is 70.6 Å². The molecule has 2 N–H and O–H groups in total. The van der Waals surface area contributed by atoms with Crippen LogP contribution in [0.1, 0.15) is 48.9 Å². The number of hydrazone groups is 1. The summed E-state index contributed by atoms with van der Waals surface area (Å²) in [5.41, 5.74) is 5.97. The Hall–Kier alpha value is -3.73. The third-order valence-corrected chi connectivity index (χ3v) is 4.98. The minimum absolute atomic E-state index is 0.100. The Balaban J connectivity index is 1.63. The van der Waals surface area contributed by atoms with Gasteiger partial charge in [-0.3, -0.25) is 9.59 Å². The molecule has 3 aromatic carbocycles. The van der Waals surface area contributed by atoms with E-state index >= 15 is 0 Å². The lowest BCUT2D eigenvalue weighted by Gasteiger charge is -2.17. The number of rotatable bonds is 8. The zero-order chi connectivity index (χ0) is 22.1. The molecule has 0 spiro atoms. The number of carbonyl (C=O) groups excluding carboxylic acids is 2. The summed E-state index contributed by atoms with van der Waals surface area (Å²) in [5, 5.41) is 7.13. The van der Waals surface area contributed by atoms with Crippen LogP contribution in [0, 0.1) is 0 Å². The summed E-state index contributed by atoms with van der Waals surface area (Å²) in [6.07, 6.45) is 0.110. The first-order chi connectivity index (χ1) is 15.0. The molecule has 0 radical (unpaired) electrons. The van der Waals surface area contributed by atoms with E-state index in [0.717, 1.165) is 16.7 Å². The largest absolute Gasteiger partial charge is 0.349 e. The van der Waals surface area contributed by atoms with E-state index in [4.69, 9.17) is 0 Å². The molecule has 2 amide bonds. The molecule has 0 aliphatic rings. The predicted molar refractivity (Wildman–Crippen MR) is 124 cm³/mol. The van der Waals surface area contributed by atoms with Crippen LogP contribution in [0.2, 0.25) is 0 Å². The highest BCUT2D eigenvalue weighted by atomic mass is 16.2. The van der Waals surface area contributed by atoms with Crippen molar-refractivity contribution < 1.29 is 9.59 Å². The maximum atomic E-state index is 13.0. The summed E-state index contributed by atoms with van der Waals surface area (Å²) in [6, 6.07) is 28.8. The van der Waals surface area contributed by atoms with Crippen molar-refractivity contribution in [2.45, 2.75) is 32.2 Å². The van der Waals surface area contributed by atoms with Gasteiger partial charge in [0.2, 0.25) is 5.91 Å². The molecule has 0 saturated heterocycles. The van der Waals surface area contributed by atoms with Crippen LogP contribution in [0.25, 0.3) is 0 Å². The van der Waals surface area contributed by atoms with Crippen molar-refractivity contribution in [3.8, 4) is 0 Å². The van der Waals surface area contributed by atoms with Gasteiger partial charge in [-0.1, -0.05) is 91.0 Å². The van der Waals surface area contributed by atoms with Crippen molar-refractivity contribution in [3.63, 3.8) is 0 Å². The average Bonchev–Trinajstić information content (AvgIpc) is 2.80. The molecule has 158 valence electrons. The molecule has 0 aromatic heterocycles. The number of benzene rings is 3. The lowest BCUT2D eigenvalue weighted by molar-refractivity contribution is -0.122. The van der Waals surface area contributed by atoms with E-state index in [-0.39, 0.29) is 24.3 Å². The maximum absolute atomic E-state index is 13.0. The van der Waals surface area contributed by atoms with Crippen LogP contribution in [-0.4, -0.2) is 17.5 Å². The number of hydrogen-bond acceptors (Lipinski definition) is 3. The molecular formula is C26H27N3O2. The molecule has 0 aliphatic carbocycles. The van der Waals surface area contributed by atoms with E-state index < -0.39 is 5.92 Å². The summed E-state index contributed by atoms with van der Waals surface area (Å²) in [5.74, 6) is -0.866. The Morgan fingerprint density at radius 2 is 1.23 bits per heavy atom. The maximum Gasteiger partial charge on any atom is 0.252 e. The van der Waals surface area contributed by atoms with Gasteiger partial charge in [0.05, 0.1) is 18.4 Å². The fourth-order valence-electron chi connectivity index (χ4n) is 3.39. The highest BCUT2D eigenvalue weighted by Gasteiger charge is 2.22. The third-order valence-electron chi connectivity index (χ3n) is 4.98. The van der Waals surface area contributed by atoms with Crippen molar-refractivity contribution in [1.82, 2.24) is 10.7 Å². The van der Waals surface area contributed by atoms with Gasteiger partial charge in [0.25, 0.3) is 5.91 Å². The van der Waals surface area contributed by atoms with E-state index in [1.54, 1.807) is 6.92 Å². The Bertz CT molecular complexity index is 979. The van der Waals surface area contributed by atoms with Crippen molar-refractivity contribution in [2.24, 2.45) is 5.10 Å². The summed E-state index contributed by atoms with van der Waals surface area (Å²) in [6.45, 7) is 3.67. The minimum Gasteiger partial charge on any atom is -0.349 e. The van der Waals surface area contributed by atoms with Gasteiger partial charge in [0.1, 0.15) is 0 Å². The van der Waals surface area contributed by atoms with E-state index in [2.05, 4.69) is 15.8 Å². The molecule has 0 saturated carbocycles. The van der Waals surface area contributed by atoms with Gasteiger partial charge in [-0.2, -0.15) is 5.10 Å². The quantitative estimate of drug-likeness (QED) is 0.419. The van der Waals surface area contributed by atoms with Crippen LogP contribution in [0.5, 0.6) is 0 Å². The van der Waals surface area contributed by atoms with E-state index in [1.165, 1.54) is 0 Å². The van der Waals surface area contributed by atoms with Gasteiger partial charge in [-0.25, -0.2) is 5.43 Å². The van der Waals surface area contributed by atoms with Crippen LogP contribution >= 0.6 is 0 Å². The monoisotopic (exact) mass is 413 g/mol. The number of hydrogen-bond donors (Lipinski definition) is 2. The van der Waals surface area contributed by atoms with Gasteiger partial charge >= 0.3 is 0 Å². The number of carbonyl (C=O) groups is 2. The first-order valence-electron chi connectivity index (χ1n) is 10.3. The zero-order valence-electron chi connectivity index (χ0n) is 17.8. The van der Waals surface area contributed by atoms with Crippen LogP contribution in [0.3, 0.4) is 0 Å². The minimum atomic E-state index is -0.481. The average molecular weight is 414 g/mol. The summed E-state index contributed by atoms with van der Waals surface area (Å²) < 4.78 is 0. The highest BCUT2D eigenvalue weighted by molar-refractivity contribution is 6.00. The van der Waals surface area contributed by atoms with Crippen LogP contribution in [0.15, 0.2) is 96.1 Å². The third kappa shape index (κ3) is 6.37. The highest BCUT2D eigenvalue weighted by Crippen LogP contribution is 2.24. The predicted octanol–water partition coefficient (Wildman–Crippen LogP) is 4.58.